The molecular formula is C19H20FN3O3S. The van der Waals surface area contributed by atoms with Crippen LogP contribution >= 0.6 is 0 Å². The van der Waals surface area contributed by atoms with Crippen LogP contribution < -0.4 is 5.56 Å². The van der Waals surface area contributed by atoms with Crippen LogP contribution in [0.2, 0.25) is 0 Å². The maximum absolute atomic E-state index is 14.4. The first-order valence-electron chi connectivity index (χ1n) is 8.66. The Kier molecular flexibility index (Phi) is 5.10. The Balaban J connectivity index is 2.52. The number of hydrogen-bond donors (Lipinski definition) is 0. The molecule has 0 aliphatic carbocycles. The molecule has 1 aromatic carbocycles. The number of nitrogens with zero attached hydrogens (tertiary/aromatic N) is 3. The molecule has 2 aromatic heterocycles. The molecule has 0 bridgehead atoms. The van der Waals surface area contributed by atoms with E-state index in [1.165, 1.54) is 28.8 Å². The lowest BCUT2D eigenvalue weighted by Gasteiger charge is -2.19. The minimum absolute atomic E-state index is 0.151. The number of aromatic nitrogens is 3. The third-order valence-electron chi connectivity index (χ3n) is 4.53. The number of benzene rings is 1. The van der Waals surface area contributed by atoms with Crippen LogP contribution in [0.15, 0.2) is 46.3 Å². The molecule has 0 amide bonds. The summed E-state index contributed by atoms with van der Waals surface area (Å²) in [5.41, 5.74) is 0.224. The van der Waals surface area contributed by atoms with Gasteiger partial charge in [-0.3, -0.25) is 9.36 Å². The van der Waals surface area contributed by atoms with Gasteiger partial charge in [-0.05, 0) is 31.0 Å². The van der Waals surface area contributed by atoms with Crippen molar-refractivity contribution in [1.29, 1.82) is 0 Å². The van der Waals surface area contributed by atoms with Crippen molar-refractivity contribution in [2.24, 2.45) is 0 Å². The fourth-order valence-electron chi connectivity index (χ4n) is 3.15. The molecule has 0 fully saturated rings. The van der Waals surface area contributed by atoms with E-state index in [9.17, 15) is 17.6 Å². The van der Waals surface area contributed by atoms with Gasteiger partial charge < -0.3 is 0 Å². The van der Waals surface area contributed by atoms with Crippen molar-refractivity contribution in [1.82, 2.24) is 14.5 Å². The molecule has 0 spiro atoms. The van der Waals surface area contributed by atoms with Gasteiger partial charge in [0.05, 0.1) is 5.69 Å². The van der Waals surface area contributed by atoms with Gasteiger partial charge in [0.2, 0.25) is 15.0 Å². The lowest BCUT2D eigenvalue weighted by molar-refractivity contribution is 0.468. The number of halogens is 1. The van der Waals surface area contributed by atoms with Crippen molar-refractivity contribution in [2.45, 2.75) is 37.9 Å². The predicted octanol–water partition coefficient (Wildman–Crippen LogP) is 3.36. The standard InChI is InChI=1S/C19H20FN3O3S/c1-4-12(5-2)23-16(24)11-10-14-17(13-8-6-7-9-15(13)20)21-19(22-18(14)23)27(3,25)26/h6-12H,4-5H2,1-3H3. The Labute approximate surface area is 156 Å². The van der Waals surface area contributed by atoms with Crippen LogP contribution in [0.25, 0.3) is 22.3 Å². The van der Waals surface area contributed by atoms with Crippen LogP contribution in [0.4, 0.5) is 4.39 Å². The summed E-state index contributed by atoms with van der Waals surface area (Å²) in [5.74, 6) is -0.530. The van der Waals surface area contributed by atoms with E-state index in [4.69, 9.17) is 0 Å². The molecule has 0 aliphatic rings. The number of sulfone groups is 1. The number of pyridine rings is 1. The van der Waals surface area contributed by atoms with E-state index < -0.39 is 20.8 Å². The summed E-state index contributed by atoms with van der Waals surface area (Å²) >= 11 is 0. The Bertz CT molecular complexity index is 1170. The van der Waals surface area contributed by atoms with Gasteiger partial charge in [-0.25, -0.2) is 17.8 Å². The minimum atomic E-state index is -3.77. The first-order valence-corrected chi connectivity index (χ1v) is 10.5. The van der Waals surface area contributed by atoms with Crippen molar-refractivity contribution >= 4 is 20.9 Å². The maximum Gasteiger partial charge on any atom is 0.252 e. The van der Waals surface area contributed by atoms with Crippen LogP contribution in [0.1, 0.15) is 32.7 Å². The van der Waals surface area contributed by atoms with E-state index in [-0.39, 0.29) is 28.5 Å². The quantitative estimate of drug-likeness (QED) is 0.625. The summed E-state index contributed by atoms with van der Waals surface area (Å²) < 4.78 is 40.2. The van der Waals surface area contributed by atoms with Crippen LogP contribution in [0, 0.1) is 5.82 Å². The van der Waals surface area contributed by atoms with Gasteiger partial charge in [0.15, 0.2) is 0 Å². The molecule has 0 saturated carbocycles. The van der Waals surface area contributed by atoms with E-state index in [2.05, 4.69) is 9.97 Å². The molecule has 3 aromatic rings. The topological polar surface area (TPSA) is 81.9 Å². The summed E-state index contributed by atoms with van der Waals surface area (Å²) in [4.78, 5) is 20.9. The van der Waals surface area contributed by atoms with Crippen LogP contribution in [0.3, 0.4) is 0 Å². The molecule has 142 valence electrons. The predicted molar refractivity (Wildman–Crippen MR) is 102 cm³/mol. The molecule has 0 saturated heterocycles. The first-order chi connectivity index (χ1) is 12.8. The smallest absolute Gasteiger partial charge is 0.252 e. The number of hydrogen-bond acceptors (Lipinski definition) is 5. The molecule has 0 N–H and O–H groups in total. The largest absolute Gasteiger partial charge is 0.289 e. The Hall–Kier alpha value is -2.61. The molecule has 0 atom stereocenters. The highest BCUT2D eigenvalue weighted by Crippen LogP contribution is 2.30. The highest BCUT2D eigenvalue weighted by atomic mass is 32.2. The van der Waals surface area contributed by atoms with Crippen LogP contribution in [-0.2, 0) is 9.84 Å². The second-order valence-corrected chi connectivity index (χ2v) is 8.27. The summed E-state index contributed by atoms with van der Waals surface area (Å²) in [5, 5.41) is -0.00226. The highest BCUT2D eigenvalue weighted by molar-refractivity contribution is 7.90. The summed E-state index contributed by atoms with van der Waals surface area (Å²) in [6.45, 7) is 3.88. The summed E-state index contributed by atoms with van der Waals surface area (Å²) in [7, 11) is -3.77. The van der Waals surface area contributed by atoms with E-state index in [0.717, 1.165) is 6.26 Å². The fourth-order valence-corrected chi connectivity index (χ4v) is 3.65. The van der Waals surface area contributed by atoms with Crippen molar-refractivity contribution in [3.63, 3.8) is 0 Å². The zero-order chi connectivity index (χ0) is 19.8. The zero-order valence-corrected chi connectivity index (χ0v) is 16.1. The monoisotopic (exact) mass is 389 g/mol. The summed E-state index contributed by atoms with van der Waals surface area (Å²) in [6, 6.07) is 8.73. The highest BCUT2D eigenvalue weighted by Gasteiger charge is 2.22. The Morgan fingerprint density at radius 3 is 2.33 bits per heavy atom. The SMILES string of the molecule is CCC(CC)n1c(=O)ccc2c(-c3ccccc3F)nc(S(C)(=O)=O)nc21. The Morgan fingerprint density at radius 1 is 1.07 bits per heavy atom. The van der Waals surface area contributed by atoms with Crippen LogP contribution in [0.5, 0.6) is 0 Å². The van der Waals surface area contributed by atoms with Crippen molar-refractivity contribution in [2.75, 3.05) is 6.26 Å². The Morgan fingerprint density at radius 2 is 1.74 bits per heavy atom. The average Bonchev–Trinajstić information content (AvgIpc) is 2.63. The molecule has 0 unspecified atom stereocenters. The average molecular weight is 389 g/mol. The number of fused-ring (bicyclic) bond motifs is 1. The van der Waals surface area contributed by atoms with Gasteiger partial charge in [0.25, 0.3) is 5.56 Å². The molecule has 3 rings (SSSR count). The fraction of sp³-hybridized carbons (Fsp3) is 0.316. The molecule has 0 radical (unpaired) electrons. The minimum Gasteiger partial charge on any atom is -0.289 e. The van der Waals surface area contributed by atoms with E-state index in [1.807, 2.05) is 13.8 Å². The van der Waals surface area contributed by atoms with Gasteiger partial charge in [-0.15, -0.1) is 0 Å². The van der Waals surface area contributed by atoms with E-state index >= 15 is 0 Å². The third kappa shape index (κ3) is 3.49. The lowest BCUT2D eigenvalue weighted by atomic mass is 10.1. The van der Waals surface area contributed by atoms with Gasteiger partial charge in [-0.1, -0.05) is 26.0 Å². The van der Waals surface area contributed by atoms with E-state index in [0.29, 0.717) is 18.2 Å². The molecule has 8 heteroatoms. The normalized spacial score (nSPS) is 12.0. The van der Waals surface area contributed by atoms with Crippen LogP contribution in [-0.4, -0.2) is 29.2 Å². The third-order valence-corrected chi connectivity index (χ3v) is 5.38. The summed E-state index contributed by atoms with van der Waals surface area (Å²) in [6.07, 6.45) is 2.33. The zero-order valence-electron chi connectivity index (χ0n) is 15.3. The van der Waals surface area contributed by atoms with Gasteiger partial charge in [-0.2, -0.15) is 4.98 Å². The van der Waals surface area contributed by atoms with Gasteiger partial charge in [0.1, 0.15) is 11.5 Å². The van der Waals surface area contributed by atoms with E-state index in [1.54, 1.807) is 12.1 Å². The van der Waals surface area contributed by atoms with Crippen molar-refractivity contribution in [3.8, 4) is 11.3 Å². The molecule has 6 nitrogen and oxygen atoms in total. The first kappa shape index (κ1) is 19.2. The van der Waals surface area contributed by atoms with Crippen molar-refractivity contribution < 1.29 is 12.8 Å². The van der Waals surface area contributed by atoms with Gasteiger partial charge >= 0.3 is 0 Å². The maximum atomic E-state index is 14.4. The van der Waals surface area contributed by atoms with Gasteiger partial charge in [0, 0.05) is 29.3 Å². The molecule has 0 aliphatic heterocycles. The number of rotatable bonds is 5. The molecule has 27 heavy (non-hydrogen) atoms. The van der Waals surface area contributed by atoms with Crippen molar-refractivity contribution in [3.05, 3.63) is 52.6 Å². The lowest BCUT2D eigenvalue weighted by Crippen LogP contribution is -2.25. The second-order valence-electron chi connectivity index (χ2n) is 6.36. The molecular weight excluding hydrogens is 369 g/mol. The molecule has 2 heterocycles. The second kappa shape index (κ2) is 7.19.